The van der Waals surface area contributed by atoms with Gasteiger partial charge in [0.25, 0.3) is 5.91 Å². The third kappa shape index (κ3) is 3.56. The summed E-state index contributed by atoms with van der Waals surface area (Å²) in [6.07, 6.45) is 2.97. The van der Waals surface area contributed by atoms with Crippen molar-refractivity contribution in [3.8, 4) is 0 Å². The topological polar surface area (TPSA) is 92.8 Å². The van der Waals surface area contributed by atoms with Crippen molar-refractivity contribution in [2.24, 2.45) is 23.7 Å². The average molecular weight is 453 g/mol. The number of rotatable bonds is 5. The van der Waals surface area contributed by atoms with Crippen LogP contribution in [0.2, 0.25) is 5.02 Å². The number of ether oxygens (including phenoxy) is 1. The van der Waals surface area contributed by atoms with E-state index in [9.17, 15) is 19.2 Å². The van der Waals surface area contributed by atoms with Crippen LogP contribution < -0.4 is 10.2 Å². The van der Waals surface area contributed by atoms with Crippen LogP contribution in [0.5, 0.6) is 0 Å². The molecule has 1 heterocycles. The third-order valence-corrected chi connectivity index (χ3v) is 6.98. The van der Waals surface area contributed by atoms with E-state index in [1.54, 1.807) is 36.4 Å². The SMILES string of the molecule is O=C(COC(=O)c1cccc(N2C(=O)[C@@H]3[C@H]4CC[C@@H](C4)[C@H]3C2=O)c1)Nc1ccc(Cl)cc1. The lowest BCUT2D eigenvalue weighted by Crippen LogP contribution is -2.32. The Morgan fingerprint density at radius 3 is 2.31 bits per heavy atom. The maximum atomic E-state index is 13.0. The molecule has 2 aliphatic carbocycles. The first-order valence-corrected chi connectivity index (χ1v) is 11.0. The van der Waals surface area contributed by atoms with Gasteiger partial charge in [0.1, 0.15) is 0 Å². The molecule has 0 aromatic heterocycles. The molecular formula is C24H21ClN2O5. The molecule has 2 saturated carbocycles. The van der Waals surface area contributed by atoms with E-state index in [0.29, 0.717) is 28.2 Å². The molecule has 164 valence electrons. The summed E-state index contributed by atoms with van der Waals surface area (Å²) in [7, 11) is 0. The molecular weight excluding hydrogens is 432 g/mol. The highest BCUT2D eigenvalue weighted by Gasteiger charge is 2.61. The zero-order valence-corrected chi connectivity index (χ0v) is 17.9. The molecule has 1 N–H and O–H groups in total. The highest BCUT2D eigenvalue weighted by molar-refractivity contribution is 6.30. The highest BCUT2D eigenvalue weighted by atomic mass is 35.5. The van der Waals surface area contributed by atoms with Crippen molar-refractivity contribution in [3.05, 3.63) is 59.1 Å². The fourth-order valence-electron chi connectivity index (χ4n) is 5.38. The Hall–Kier alpha value is -3.19. The van der Waals surface area contributed by atoms with E-state index >= 15 is 0 Å². The molecule has 3 fully saturated rings. The summed E-state index contributed by atoms with van der Waals surface area (Å²) in [6.45, 7) is -0.471. The van der Waals surface area contributed by atoms with Crippen molar-refractivity contribution < 1.29 is 23.9 Å². The van der Waals surface area contributed by atoms with Gasteiger partial charge in [0.2, 0.25) is 11.8 Å². The van der Waals surface area contributed by atoms with Gasteiger partial charge in [-0.1, -0.05) is 17.7 Å². The zero-order chi connectivity index (χ0) is 22.4. The number of hydrogen-bond acceptors (Lipinski definition) is 5. The Kier molecular flexibility index (Phi) is 5.21. The molecule has 3 amide bonds. The van der Waals surface area contributed by atoms with Gasteiger partial charge < -0.3 is 10.1 Å². The fraction of sp³-hybridized carbons (Fsp3) is 0.333. The summed E-state index contributed by atoms with van der Waals surface area (Å²) in [5, 5.41) is 3.15. The standard InChI is InChI=1S/C24H21ClN2O5/c25-16-6-8-17(9-7-16)26-19(28)12-32-24(31)15-2-1-3-18(11-15)27-22(29)20-13-4-5-14(10-13)21(20)23(27)30/h1-3,6-9,11,13-14,20-21H,4-5,10,12H2,(H,26,28)/t13-,14-,20+,21+/m0/s1. The summed E-state index contributed by atoms with van der Waals surface area (Å²) in [6, 6.07) is 12.8. The van der Waals surface area contributed by atoms with Gasteiger partial charge in [0.05, 0.1) is 23.1 Å². The molecule has 0 unspecified atom stereocenters. The van der Waals surface area contributed by atoms with Crippen LogP contribution in [0, 0.1) is 23.7 Å². The van der Waals surface area contributed by atoms with Gasteiger partial charge in [-0.2, -0.15) is 0 Å². The first-order chi connectivity index (χ1) is 15.4. The molecule has 7 nitrogen and oxygen atoms in total. The van der Waals surface area contributed by atoms with E-state index in [-0.39, 0.29) is 29.2 Å². The number of benzene rings is 2. The van der Waals surface area contributed by atoms with Crippen molar-refractivity contribution in [2.45, 2.75) is 19.3 Å². The second-order valence-electron chi connectivity index (χ2n) is 8.58. The number of hydrogen-bond donors (Lipinski definition) is 1. The van der Waals surface area contributed by atoms with Crippen molar-refractivity contribution >= 4 is 46.7 Å². The maximum absolute atomic E-state index is 13.0. The Bertz CT molecular complexity index is 1090. The van der Waals surface area contributed by atoms with Crippen LogP contribution in [0.3, 0.4) is 0 Å². The number of imide groups is 1. The fourth-order valence-corrected chi connectivity index (χ4v) is 5.51. The monoisotopic (exact) mass is 452 g/mol. The van der Waals surface area contributed by atoms with Crippen LogP contribution in [0.25, 0.3) is 0 Å². The average Bonchev–Trinajstić information content (AvgIpc) is 3.47. The third-order valence-electron chi connectivity index (χ3n) is 6.73. The van der Waals surface area contributed by atoms with E-state index in [4.69, 9.17) is 16.3 Å². The van der Waals surface area contributed by atoms with E-state index in [2.05, 4.69) is 5.32 Å². The van der Waals surface area contributed by atoms with Gasteiger partial charge >= 0.3 is 5.97 Å². The molecule has 2 aromatic rings. The number of nitrogens with one attached hydrogen (secondary N) is 1. The van der Waals surface area contributed by atoms with E-state index in [1.807, 2.05) is 0 Å². The Labute approximate surface area is 189 Å². The predicted molar refractivity (Wildman–Crippen MR) is 117 cm³/mol. The number of fused-ring (bicyclic) bond motifs is 5. The largest absolute Gasteiger partial charge is 0.452 e. The Morgan fingerprint density at radius 1 is 1.00 bits per heavy atom. The number of carbonyl (C=O) groups is 4. The molecule has 1 aliphatic heterocycles. The smallest absolute Gasteiger partial charge is 0.338 e. The minimum atomic E-state index is -0.711. The molecule has 32 heavy (non-hydrogen) atoms. The number of halogens is 1. The molecule has 8 heteroatoms. The van der Waals surface area contributed by atoms with Crippen LogP contribution >= 0.6 is 11.6 Å². The van der Waals surface area contributed by atoms with Crippen molar-refractivity contribution in [1.29, 1.82) is 0 Å². The van der Waals surface area contributed by atoms with Gasteiger partial charge in [0, 0.05) is 10.7 Å². The molecule has 0 spiro atoms. The second-order valence-corrected chi connectivity index (χ2v) is 9.01. The van der Waals surface area contributed by atoms with Crippen LogP contribution in [-0.2, 0) is 19.1 Å². The number of esters is 1. The number of nitrogens with zero attached hydrogens (tertiary/aromatic N) is 1. The first-order valence-electron chi connectivity index (χ1n) is 10.6. The Morgan fingerprint density at radius 2 is 1.66 bits per heavy atom. The molecule has 3 aliphatic rings. The Balaban J connectivity index is 1.24. The van der Waals surface area contributed by atoms with Crippen LogP contribution in [0.1, 0.15) is 29.6 Å². The van der Waals surface area contributed by atoms with E-state index in [0.717, 1.165) is 19.3 Å². The normalized spacial score (nSPS) is 25.7. The van der Waals surface area contributed by atoms with Crippen molar-refractivity contribution in [1.82, 2.24) is 0 Å². The summed E-state index contributed by atoms with van der Waals surface area (Å²) >= 11 is 5.81. The van der Waals surface area contributed by atoms with Crippen LogP contribution in [-0.4, -0.2) is 30.3 Å². The highest BCUT2D eigenvalue weighted by Crippen LogP contribution is 2.56. The predicted octanol–water partition coefficient (Wildman–Crippen LogP) is 3.67. The zero-order valence-electron chi connectivity index (χ0n) is 17.1. The second kappa shape index (κ2) is 8.06. The molecule has 0 radical (unpaired) electrons. The molecule has 2 aromatic carbocycles. The van der Waals surface area contributed by atoms with Crippen LogP contribution in [0.15, 0.2) is 48.5 Å². The minimum Gasteiger partial charge on any atom is -0.452 e. The van der Waals surface area contributed by atoms with Gasteiger partial charge in [-0.25, -0.2) is 4.79 Å². The first kappa shape index (κ1) is 20.7. The van der Waals surface area contributed by atoms with Gasteiger partial charge in [0.15, 0.2) is 6.61 Å². The van der Waals surface area contributed by atoms with Gasteiger partial charge in [-0.05, 0) is 73.6 Å². The summed E-state index contributed by atoms with van der Waals surface area (Å²) < 4.78 is 5.11. The number of anilines is 2. The van der Waals surface area contributed by atoms with Crippen molar-refractivity contribution in [3.63, 3.8) is 0 Å². The summed E-state index contributed by atoms with van der Waals surface area (Å²) in [5.41, 5.74) is 1.07. The lowest BCUT2D eigenvalue weighted by atomic mass is 9.81. The van der Waals surface area contributed by atoms with Crippen LogP contribution in [0.4, 0.5) is 11.4 Å². The van der Waals surface area contributed by atoms with Crippen molar-refractivity contribution in [2.75, 3.05) is 16.8 Å². The van der Waals surface area contributed by atoms with Gasteiger partial charge in [-0.15, -0.1) is 0 Å². The van der Waals surface area contributed by atoms with E-state index in [1.165, 1.54) is 17.0 Å². The number of carbonyl (C=O) groups excluding carboxylic acids is 4. The molecule has 1 saturated heterocycles. The molecule has 4 atom stereocenters. The summed E-state index contributed by atoms with van der Waals surface area (Å²) in [4.78, 5) is 51.8. The lowest BCUT2D eigenvalue weighted by molar-refractivity contribution is -0.123. The van der Waals surface area contributed by atoms with Gasteiger partial charge in [-0.3, -0.25) is 19.3 Å². The summed E-state index contributed by atoms with van der Waals surface area (Å²) in [5.74, 6) is -1.41. The number of amides is 3. The quantitative estimate of drug-likeness (QED) is 0.552. The lowest BCUT2D eigenvalue weighted by Gasteiger charge is -2.19. The molecule has 2 bridgehead atoms. The van der Waals surface area contributed by atoms with E-state index < -0.39 is 18.5 Å². The maximum Gasteiger partial charge on any atom is 0.338 e. The molecule has 5 rings (SSSR count). The minimum absolute atomic E-state index is 0.167.